The lowest BCUT2D eigenvalue weighted by Crippen LogP contribution is -2.45. The topological polar surface area (TPSA) is 83.1 Å². The highest BCUT2D eigenvalue weighted by Crippen LogP contribution is 2.07. The van der Waals surface area contributed by atoms with Gasteiger partial charge in [0.1, 0.15) is 5.69 Å². The summed E-state index contributed by atoms with van der Waals surface area (Å²) in [5.41, 5.74) is 0.820. The molecular weight excluding hydrogens is 268 g/mol. The van der Waals surface area contributed by atoms with Gasteiger partial charge in [-0.1, -0.05) is 6.92 Å². The van der Waals surface area contributed by atoms with E-state index in [0.717, 1.165) is 18.7 Å². The lowest BCUT2D eigenvalue weighted by Gasteiger charge is -2.20. The van der Waals surface area contributed by atoms with Crippen LogP contribution in [0.3, 0.4) is 0 Å². The number of nitrogens with one attached hydrogen (secondary N) is 3. The van der Waals surface area contributed by atoms with Crippen LogP contribution in [0.4, 0.5) is 5.69 Å². The molecule has 1 aromatic heterocycles. The molecule has 2 amide bonds. The second-order valence-electron chi connectivity index (χ2n) is 5.84. The van der Waals surface area contributed by atoms with Crippen molar-refractivity contribution < 1.29 is 9.59 Å². The summed E-state index contributed by atoms with van der Waals surface area (Å²) in [6.07, 6.45) is 2.57. The molecule has 0 unspecified atom stereocenters. The average Bonchev–Trinajstić information content (AvgIpc) is 2.41. The van der Waals surface area contributed by atoms with E-state index in [4.69, 9.17) is 0 Å². The first kappa shape index (κ1) is 16.9. The minimum Gasteiger partial charge on any atom is -0.385 e. The Morgan fingerprint density at radius 2 is 2.00 bits per heavy atom. The Bertz CT molecular complexity index is 495. The summed E-state index contributed by atoms with van der Waals surface area (Å²) in [4.78, 5) is 27.6. The second-order valence-corrected chi connectivity index (χ2v) is 5.84. The van der Waals surface area contributed by atoms with Crippen LogP contribution in [0.25, 0.3) is 0 Å². The summed E-state index contributed by atoms with van der Waals surface area (Å²) in [6, 6.07) is 3.48. The van der Waals surface area contributed by atoms with Gasteiger partial charge in [-0.2, -0.15) is 0 Å². The van der Waals surface area contributed by atoms with Crippen molar-refractivity contribution in [2.45, 2.75) is 39.7 Å². The number of amides is 2. The average molecular weight is 292 g/mol. The third-order valence-corrected chi connectivity index (χ3v) is 2.50. The molecule has 1 heterocycles. The summed E-state index contributed by atoms with van der Waals surface area (Å²) in [7, 11) is 0. The maximum absolute atomic E-state index is 12.0. The van der Waals surface area contributed by atoms with Gasteiger partial charge >= 0.3 is 0 Å². The van der Waals surface area contributed by atoms with Gasteiger partial charge in [0.15, 0.2) is 0 Å². The van der Waals surface area contributed by atoms with Crippen LogP contribution in [0.15, 0.2) is 18.3 Å². The number of nitrogens with zero attached hydrogens (tertiary/aromatic N) is 1. The van der Waals surface area contributed by atoms with Crippen molar-refractivity contribution >= 4 is 17.5 Å². The smallest absolute Gasteiger partial charge is 0.270 e. The van der Waals surface area contributed by atoms with Gasteiger partial charge in [-0.3, -0.25) is 14.6 Å². The van der Waals surface area contributed by atoms with Gasteiger partial charge in [-0.05, 0) is 39.3 Å². The Morgan fingerprint density at radius 1 is 1.29 bits per heavy atom. The fraction of sp³-hybridized carbons (Fsp3) is 0.533. The molecule has 0 aromatic carbocycles. The number of pyridine rings is 1. The molecule has 0 aliphatic rings. The van der Waals surface area contributed by atoms with E-state index < -0.39 is 0 Å². The summed E-state index contributed by atoms with van der Waals surface area (Å²) >= 11 is 0. The zero-order chi connectivity index (χ0) is 15.9. The van der Waals surface area contributed by atoms with Gasteiger partial charge in [0, 0.05) is 24.0 Å². The quantitative estimate of drug-likeness (QED) is 0.743. The molecule has 0 fully saturated rings. The third kappa shape index (κ3) is 6.74. The Balaban J connectivity index is 2.54. The van der Waals surface area contributed by atoms with Crippen molar-refractivity contribution in [1.29, 1.82) is 0 Å². The summed E-state index contributed by atoms with van der Waals surface area (Å²) < 4.78 is 0. The van der Waals surface area contributed by atoms with E-state index in [1.165, 1.54) is 0 Å². The number of hydrogen-bond donors (Lipinski definition) is 3. The molecule has 0 spiro atoms. The van der Waals surface area contributed by atoms with Crippen LogP contribution < -0.4 is 16.0 Å². The van der Waals surface area contributed by atoms with E-state index in [2.05, 4.69) is 27.9 Å². The van der Waals surface area contributed by atoms with Crippen molar-refractivity contribution in [3.8, 4) is 0 Å². The fourth-order valence-electron chi connectivity index (χ4n) is 1.65. The molecule has 21 heavy (non-hydrogen) atoms. The van der Waals surface area contributed by atoms with Gasteiger partial charge in [0.05, 0.1) is 6.54 Å². The predicted molar refractivity (Wildman–Crippen MR) is 83.2 cm³/mol. The molecular formula is C15H24N4O2. The SMILES string of the molecule is CCCNc1ccnc(C(=O)NCC(=O)NC(C)(C)C)c1. The zero-order valence-electron chi connectivity index (χ0n) is 13.1. The highest BCUT2D eigenvalue weighted by Gasteiger charge is 2.15. The van der Waals surface area contributed by atoms with Gasteiger partial charge < -0.3 is 16.0 Å². The summed E-state index contributed by atoms with van der Waals surface area (Å²) in [6.45, 7) is 8.49. The third-order valence-electron chi connectivity index (χ3n) is 2.50. The molecule has 0 radical (unpaired) electrons. The maximum Gasteiger partial charge on any atom is 0.270 e. The highest BCUT2D eigenvalue weighted by atomic mass is 16.2. The van der Waals surface area contributed by atoms with Gasteiger partial charge in [0.2, 0.25) is 5.91 Å². The first-order valence-electron chi connectivity index (χ1n) is 7.11. The second kappa shape index (κ2) is 7.61. The van der Waals surface area contributed by atoms with Crippen LogP contribution >= 0.6 is 0 Å². The Kier molecular flexibility index (Phi) is 6.14. The first-order chi connectivity index (χ1) is 9.81. The minimum absolute atomic E-state index is 0.0651. The van der Waals surface area contributed by atoms with Gasteiger partial charge in [-0.25, -0.2) is 0 Å². The molecule has 0 saturated heterocycles. The maximum atomic E-state index is 12.0. The van der Waals surface area contributed by atoms with Crippen LogP contribution in [0.2, 0.25) is 0 Å². The molecule has 6 nitrogen and oxygen atoms in total. The van der Waals surface area contributed by atoms with E-state index in [-0.39, 0.29) is 23.9 Å². The molecule has 1 rings (SSSR count). The van der Waals surface area contributed by atoms with Crippen LogP contribution in [0.5, 0.6) is 0 Å². The van der Waals surface area contributed by atoms with Crippen LogP contribution in [-0.4, -0.2) is 35.4 Å². The lowest BCUT2D eigenvalue weighted by molar-refractivity contribution is -0.121. The van der Waals surface area contributed by atoms with Crippen molar-refractivity contribution in [1.82, 2.24) is 15.6 Å². The van der Waals surface area contributed by atoms with Gasteiger partial charge in [-0.15, -0.1) is 0 Å². The minimum atomic E-state index is -0.362. The molecule has 6 heteroatoms. The number of carbonyl (C=O) groups excluding carboxylic acids is 2. The fourth-order valence-corrected chi connectivity index (χ4v) is 1.65. The molecule has 1 aromatic rings. The van der Waals surface area contributed by atoms with Gasteiger partial charge in [0.25, 0.3) is 5.91 Å². The number of carbonyl (C=O) groups is 2. The number of aromatic nitrogens is 1. The van der Waals surface area contributed by atoms with E-state index in [1.54, 1.807) is 18.3 Å². The van der Waals surface area contributed by atoms with Crippen molar-refractivity contribution in [2.24, 2.45) is 0 Å². The monoisotopic (exact) mass is 292 g/mol. The van der Waals surface area contributed by atoms with Crippen LogP contribution in [-0.2, 0) is 4.79 Å². The number of hydrogen-bond acceptors (Lipinski definition) is 4. The van der Waals surface area contributed by atoms with E-state index >= 15 is 0 Å². The van der Waals surface area contributed by atoms with E-state index in [0.29, 0.717) is 5.69 Å². The van der Waals surface area contributed by atoms with Crippen molar-refractivity contribution in [2.75, 3.05) is 18.4 Å². The molecule has 116 valence electrons. The predicted octanol–water partition coefficient (Wildman–Crippen LogP) is 1.55. The van der Waals surface area contributed by atoms with E-state index in [9.17, 15) is 9.59 Å². The van der Waals surface area contributed by atoms with Crippen LogP contribution in [0, 0.1) is 0 Å². The van der Waals surface area contributed by atoms with E-state index in [1.807, 2.05) is 20.8 Å². The standard InChI is InChI=1S/C15H24N4O2/c1-5-7-16-11-6-8-17-12(9-11)14(21)18-10-13(20)19-15(2,3)4/h6,8-9H,5,7,10H2,1-4H3,(H,16,17)(H,18,21)(H,19,20). The van der Waals surface area contributed by atoms with Crippen LogP contribution in [0.1, 0.15) is 44.6 Å². The zero-order valence-corrected chi connectivity index (χ0v) is 13.1. The lowest BCUT2D eigenvalue weighted by atomic mass is 10.1. The normalized spacial score (nSPS) is 10.9. The molecule has 0 saturated carbocycles. The highest BCUT2D eigenvalue weighted by molar-refractivity contribution is 5.95. The first-order valence-corrected chi connectivity index (χ1v) is 7.11. The molecule has 0 atom stereocenters. The Morgan fingerprint density at radius 3 is 2.62 bits per heavy atom. The molecule has 0 aliphatic carbocycles. The number of anilines is 1. The molecule has 0 aliphatic heterocycles. The summed E-state index contributed by atoms with van der Waals surface area (Å²) in [5, 5.41) is 8.53. The Hall–Kier alpha value is -2.11. The Labute approximate surface area is 125 Å². The summed E-state index contributed by atoms with van der Waals surface area (Å²) in [5.74, 6) is -0.588. The largest absolute Gasteiger partial charge is 0.385 e. The van der Waals surface area contributed by atoms with Crippen molar-refractivity contribution in [3.05, 3.63) is 24.0 Å². The van der Waals surface area contributed by atoms with Crippen molar-refractivity contribution in [3.63, 3.8) is 0 Å². The molecule has 0 bridgehead atoms. The number of rotatable bonds is 6. The molecule has 3 N–H and O–H groups in total.